The molecule has 1 aromatic carbocycles. The standard InChI is InChI=1S/C14H20O2/c1-3-9-16-10-8-14(15)11-13-7-5-4-6-12(13)2/h4-7H,3,8-11H2,1-2H3. The van der Waals surface area contributed by atoms with Crippen LogP contribution in [-0.2, 0) is 16.0 Å². The topological polar surface area (TPSA) is 26.3 Å². The largest absolute Gasteiger partial charge is 0.381 e. The van der Waals surface area contributed by atoms with Crippen LogP contribution in [0.15, 0.2) is 24.3 Å². The Morgan fingerprint density at radius 3 is 2.69 bits per heavy atom. The normalized spacial score (nSPS) is 10.4. The fourth-order valence-electron chi connectivity index (χ4n) is 1.54. The minimum atomic E-state index is 0.255. The number of rotatable bonds is 7. The van der Waals surface area contributed by atoms with Crippen molar-refractivity contribution in [2.75, 3.05) is 13.2 Å². The van der Waals surface area contributed by atoms with Gasteiger partial charge in [0.15, 0.2) is 0 Å². The molecule has 0 heterocycles. The van der Waals surface area contributed by atoms with Crippen molar-refractivity contribution in [2.24, 2.45) is 0 Å². The van der Waals surface area contributed by atoms with Gasteiger partial charge in [0.05, 0.1) is 6.61 Å². The smallest absolute Gasteiger partial charge is 0.139 e. The molecule has 0 spiro atoms. The third-order valence-electron chi connectivity index (χ3n) is 2.52. The highest BCUT2D eigenvalue weighted by Gasteiger charge is 2.05. The number of ether oxygens (including phenoxy) is 1. The number of Topliss-reactive ketones (excluding diaryl/α,β-unsaturated/α-hetero) is 1. The van der Waals surface area contributed by atoms with Crippen molar-refractivity contribution in [2.45, 2.75) is 33.1 Å². The molecule has 0 aliphatic rings. The highest BCUT2D eigenvalue weighted by Crippen LogP contribution is 2.08. The van der Waals surface area contributed by atoms with Gasteiger partial charge in [0.25, 0.3) is 0 Å². The summed E-state index contributed by atoms with van der Waals surface area (Å²) in [6, 6.07) is 8.02. The van der Waals surface area contributed by atoms with Crippen molar-refractivity contribution in [3.63, 3.8) is 0 Å². The van der Waals surface area contributed by atoms with E-state index in [0.29, 0.717) is 19.4 Å². The van der Waals surface area contributed by atoms with E-state index in [1.165, 1.54) is 5.56 Å². The van der Waals surface area contributed by atoms with E-state index in [-0.39, 0.29) is 5.78 Å². The minimum absolute atomic E-state index is 0.255. The minimum Gasteiger partial charge on any atom is -0.381 e. The van der Waals surface area contributed by atoms with E-state index in [4.69, 9.17) is 4.74 Å². The number of aryl methyl sites for hydroxylation is 1. The van der Waals surface area contributed by atoms with Gasteiger partial charge >= 0.3 is 0 Å². The zero-order valence-corrected chi connectivity index (χ0v) is 10.2. The molecule has 0 atom stereocenters. The number of ketones is 1. The summed E-state index contributed by atoms with van der Waals surface area (Å²) >= 11 is 0. The first-order valence-electron chi connectivity index (χ1n) is 5.88. The first-order valence-corrected chi connectivity index (χ1v) is 5.88. The molecule has 0 aliphatic carbocycles. The molecule has 2 nitrogen and oxygen atoms in total. The molecular weight excluding hydrogens is 200 g/mol. The third kappa shape index (κ3) is 4.58. The van der Waals surface area contributed by atoms with Crippen LogP contribution in [0.3, 0.4) is 0 Å². The average Bonchev–Trinajstić information content (AvgIpc) is 2.28. The van der Waals surface area contributed by atoms with Crippen molar-refractivity contribution in [1.29, 1.82) is 0 Å². The van der Waals surface area contributed by atoms with Crippen LogP contribution in [0.4, 0.5) is 0 Å². The Balaban J connectivity index is 2.32. The van der Waals surface area contributed by atoms with E-state index in [0.717, 1.165) is 18.6 Å². The van der Waals surface area contributed by atoms with E-state index in [9.17, 15) is 4.79 Å². The first-order chi connectivity index (χ1) is 7.74. The van der Waals surface area contributed by atoms with Gasteiger partial charge < -0.3 is 4.74 Å². The Labute approximate surface area is 97.6 Å². The van der Waals surface area contributed by atoms with Gasteiger partial charge in [-0.3, -0.25) is 4.79 Å². The second-order valence-corrected chi connectivity index (χ2v) is 4.00. The molecule has 0 aliphatic heterocycles. The Morgan fingerprint density at radius 2 is 2.00 bits per heavy atom. The summed E-state index contributed by atoms with van der Waals surface area (Å²) < 4.78 is 5.30. The molecule has 0 saturated carbocycles. The zero-order chi connectivity index (χ0) is 11.8. The van der Waals surface area contributed by atoms with Crippen LogP contribution in [0.1, 0.15) is 30.9 Å². The lowest BCUT2D eigenvalue weighted by Gasteiger charge is -2.05. The van der Waals surface area contributed by atoms with E-state index >= 15 is 0 Å². The van der Waals surface area contributed by atoms with Crippen molar-refractivity contribution in [1.82, 2.24) is 0 Å². The predicted octanol–water partition coefficient (Wildman–Crippen LogP) is 2.92. The van der Waals surface area contributed by atoms with Gasteiger partial charge in [0, 0.05) is 19.4 Å². The maximum absolute atomic E-state index is 11.6. The van der Waals surface area contributed by atoms with Crippen molar-refractivity contribution >= 4 is 5.78 Å². The molecule has 1 aromatic rings. The molecule has 0 unspecified atom stereocenters. The zero-order valence-electron chi connectivity index (χ0n) is 10.2. The molecule has 16 heavy (non-hydrogen) atoms. The molecule has 88 valence electrons. The maximum atomic E-state index is 11.6. The number of hydrogen-bond donors (Lipinski definition) is 0. The van der Waals surface area contributed by atoms with Crippen molar-refractivity contribution in [3.8, 4) is 0 Å². The van der Waals surface area contributed by atoms with Crippen molar-refractivity contribution < 1.29 is 9.53 Å². The van der Waals surface area contributed by atoms with E-state index < -0.39 is 0 Å². The summed E-state index contributed by atoms with van der Waals surface area (Å²) in [6.07, 6.45) is 2.06. The van der Waals surface area contributed by atoms with Crippen molar-refractivity contribution in [3.05, 3.63) is 35.4 Å². The molecular formula is C14H20O2. The maximum Gasteiger partial charge on any atom is 0.139 e. The van der Waals surface area contributed by atoms with Gasteiger partial charge in [-0.05, 0) is 24.5 Å². The first kappa shape index (κ1) is 12.9. The van der Waals surface area contributed by atoms with Crippen LogP contribution in [0.2, 0.25) is 0 Å². The molecule has 0 radical (unpaired) electrons. The van der Waals surface area contributed by atoms with E-state index in [2.05, 4.69) is 6.92 Å². The Morgan fingerprint density at radius 1 is 1.25 bits per heavy atom. The second-order valence-electron chi connectivity index (χ2n) is 4.00. The number of carbonyl (C=O) groups excluding carboxylic acids is 1. The van der Waals surface area contributed by atoms with Crippen LogP contribution in [0, 0.1) is 6.92 Å². The van der Waals surface area contributed by atoms with Gasteiger partial charge in [-0.2, -0.15) is 0 Å². The monoisotopic (exact) mass is 220 g/mol. The van der Waals surface area contributed by atoms with Crippen LogP contribution < -0.4 is 0 Å². The number of benzene rings is 1. The van der Waals surface area contributed by atoms with Gasteiger partial charge in [-0.25, -0.2) is 0 Å². The van der Waals surface area contributed by atoms with Gasteiger partial charge in [-0.15, -0.1) is 0 Å². The van der Waals surface area contributed by atoms with Crippen LogP contribution in [0.5, 0.6) is 0 Å². The lowest BCUT2D eigenvalue weighted by Crippen LogP contribution is -2.08. The highest BCUT2D eigenvalue weighted by atomic mass is 16.5. The van der Waals surface area contributed by atoms with E-state index in [1.54, 1.807) is 0 Å². The predicted molar refractivity (Wildman–Crippen MR) is 65.6 cm³/mol. The lowest BCUT2D eigenvalue weighted by atomic mass is 10.0. The summed E-state index contributed by atoms with van der Waals surface area (Å²) in [7, 11) is 0. The molecule has 0 fully saturated rings. The molecule has 1 rings (SSSR count). The Hall–Kier alpha value is -1.15. The fourth-order valence-corrected chi connectivity index (χ4v) is 1.54. The van der Waals surface area contributed by atoms with Gasteiger partial charge in [-0.1, -0.05) is 31.2 Å². The molecule has 0 N–H and O–H groups in total. The lowest BCUT2D eigenvalue weighted by molar-refractivity contribution is -0.119. The summed E-state index contributed by atoms with van der Waals surface area (Å²) in [4.78, 5) is 11.6. The van der Waals surface area contributed by atoms with Crippen LogP contribution in [0.25, 0.3) is 0 Å². The molecule has 0 aromatic heterocycles. The highest BCUT2D eigenvalue weighted by molar-refractivity contribution is 5.81. The SMILES string of the molecule is CCCOCCC(=O)Cc1ccccc1C. The fraction of sp³-hybridized carbons (Fsp3) is 0.500. The van der Waals surface area contributed by atoms with Crippen LogP contribution >= 0.6 is 0 Å². The van der Waals surface area contributed by atoms with E-state index in [1.807, 2.05) is 31.2 Å². The summed E-state index contributed by atoms with van der Waals surface area (Å²) in [5.41, 5.74) is 2.31. The summed E-state index contributed by atoms with van der Waals surface area (Å²) in [5.74, 6) is 0.255. The van der Waals surface area contributed by atoms with Crippen LogP contribution in [-0.4, -0.2) is 19.0 Å². The summed E-state index contributed by atoms with van der Waals surface area (Å²) in [5, 5.41) is 0. The average molecular weight is 220 g/mol. The third-order valence-corrected chi connectivity index (χ3v) is 2.52. The van der Waals surface area contributed by atoms with Gasteiger partial charge in [0.2, 0.25) is 0 Å². The Bertz CT molecular complexity index is 331. The number of hydrogen-bond acceptors (Lipinski definition) is 2. The molecule has 0 bridgehead atoms. The molecule has 2 heteroatoms. The molecule has 0 amide bonds. The Kier molecular flexibility index (Phi) is 5.79. The number of carbonyl (C=O) groups is 1. The molecule has 0 saturated heterocycles. The quantitative estimate of drug-likeness (QED) is 0.660. The second kappa shape index (κ2) is 7.18. The van der Waals surface area contributed by atoms with Gasteiger partial charge in [0.1, 0.15) is 5.78 Å². The summed E-state index contributed by atoms with van der Waals surface area (Å²) in [6.45, 7) is 5.40.